The summed E-state index contributed by atoms with van der Waals surface area (Å²) < 4.78 is 31.3. The Morgan fingerprint density at radius 1 is 1.39 bits per heavy atom. The lowest BCUT2D eigenvalue weighted by Crippen LogP contribution is -2.43. The van der Waals surface area contributed by atoms with Crippen molar-refractivity contribution in [1.29, 1.82) is 0 Å². The number of hydrogen-bond donors (Lipinski definition) is 3. The molecular weight excluding hydrogens is 258 g/mol. The van der Waals surface area contributed by atoms with Crippen molar-refractivity contribution >= 4 is 16.3 Å². The number of amides is 1. The number of ether oxygens (including phenoxy) is 1. The highest BCUT2D eigenvalue weighted by Crippen LogP contribution is 2.11. The Balaban J connectivity index is 2.78. The van der Waals surface area contributed by atoms with Gasteiger partial charge in [-0.05, 0) is 5.56 Å². The first-order valence-electron chi connectivity index (χ1n) is 5.11. The first kappa shape index (κ1) is 14.4. The second kappa shape index (κ2) is 6.34. The van der Waals surface area contributed by atoms with Gasteiger partial charge in [0.1, 0.15) is 0 Å². The molecule has 0 saturated heterocycles. The van der Waals surface area contributed by atoms with Crippen LogP contribution in [0, 0.1) is 0 Å². The van der Waals surface area contributed by atoms with E-state index < -0.39 is 22.3 Å². The Bertz CT molecular complexity index is 489. The van der Waals surface area contributed by atoms with Crippen LogP contribution in [0.25, 0.3) is 0 Å². The van der Waals surface area contributed by atoms with Crippen LogP contribution in [-0.4, -0.2) is 28.2 Å². The summed E-state index contributed by atoms with van der Waals surface area (Å²) in [6.45, 7) is 0.0616. The van der Waals surface area contributed by atoms with E-state index in [0.29, 0.717) is 5.56 Å². The average Bonchev–Trinajstić information content (AvgIpc) is 2.36. The van der Waals surface area contributed by atoms with Crippen LogP contribution in [0.3, 0.4) is 0 Å². The molecule has 1 rings (SSSR count). The highest BCUT2D eigenvalue weighted by molar-refractivity contribution is 7.88. The van der Waals surface area contributed by atoms with E-state index >= 15 is 0 Å². The van der Waals surface area contributed by atoms with Crippen molar-refractivity contribution in [3.05, 3.63) is 35.9 Å². The van der Waals surface area contributed by atoms with Gasteiger partial charge in [0.05, 0.1) is 13.2 Å². The molecule has 1 aromatic rings. The lowest BCUT2D eigenvalue weighted by molar-refractivity contribution is 0.177. The number of nitrogens with two attached hydrogens (primary N) is 1. The minimum atomic E-state index is -4.01. The topological polar surface area (TPSA) is 111 Å². The average molecular weight is 273 g/mol. The van der Waals surface area contributed by atoms with Crippen molar-refractivity contribution in [3.63, 3.8) is 0 Å². The number of carbonyl (C=O) groups excluding carboxylic acids is 1. The SMILES string of the molecule is COC(=O)NS(=O)(=O)NC(CN)c1ccccc1. The Morgan fingerprint density at radius 2 is 2.00 bits per heavy atom. The van der Waals surface area contributed by atoms with Gasteiger partial charge in [0.25, 0.3) is 0 Å². The van der Waals surface area contributed by atoms with E-state index in [4.69, 9.17) is 5.73 Å². The van der Waals surface area contributed by atoms with Crippen molar-refractivity contribution < 1.29 is 17.9 Å². The summed E-state index contributed by atoms with van der Waals surface area (Å²) in [7, 11) is -2.94. The number of rotatable bonds is 5. The molecule has 1 atom stereocenters. The van der Waals surface area contributed by atoms with Gasteiger partial charge in [0.15, 0.2) is 0 Å². The van der Waals surface area contributed by atoms with Crippen molar-refractivity contribution in [2.75, 3.05) is 13.7 Å². The van der Waals surface area contributed by atoms with E-state index in [1.807, 2.05) is 0 Å². The molecule has 0 fully saturated rings. The van der Waals surface area contributed by atoms with Gasteiger partial charge in [-0.2, -0.15) is 13.1 Å². The maximum absolute atomic E-state index is 11.6. The Hall–Kier alpha value is -1.64. The van der Waals surface area contributed by atoms with E-state index in [0.717, 1.165) is 7.11 Å². The molecule has 1 amide bonds. The molecule has 0 spiro atoms. The number of benzene rings is 1. The zero-order chi connectivity index (χ0) is 13.6. The fourth-order valence-corrected chi connectivity index (χ4v) is 2.27. The van der Waals surface area contributed by atoms with Gasteiger partial charge in [-0.25, -0.2) is 9.52 Å². The third-order valence-corrected chi connectivity index (χ3v) is 3.17. The molecule has 0 bridgehead atoms. The molecule has 0 aromatic heterocycles. The third kappa shape index (κ3) is 4.32. The molecule has 1 aromatic carbocycles. The van der Waals surface area contributed by atoms with E-state index in [1.54, 1.807) is 35.1 Å². The lowest BCUT2D eigenvalue weighted by atomic mass is 10.1. The van der Waals surface area contributed by atoms with Crippen molar-refractivity contribution in [2.24, 2.45) is 5.73 Å². The molecule has 8 heteroatoms. The molecule has 0 radical (unpaired) electrons. The molecule has 0 aliphatic heterocycles. The van der Waals surface area contributed by atoms with E-state index in [1.165, 1.54) is 0 Å². The summed E-state index contributed by atoms with van der Waals surface area (Å²) in [6.07, 6.45) is -1.06. The van der Waals surface area contributed by atoms with Crippen LogP contribution in [0.1, 0.15) is 11.6 Å². The van der Waals surface area contributed by atoms with Crippen LogP contribution in [-0.2, 0) is 14.9 Å². The number of nitrogens with one attached hydrogen (secondary N) is 2. The fraction of sp³-hybridized carbons (Fsp3) is 0.300. The highest BCUT2D eigenvalue weighted by atomic mass is 32.2. The molecule has 0 saturated carbocycles. The van der Waals surface area contributed by atoms with Gasteiger partial charge in [-0.3, -0.25) is 0 Å². The number of carbonyl (C=O) groups is 1. The maximum atomic E-state index is 11.6. The van der Waals surface area contributed by atoms with Crippen LogP contribution in [0.4, 0.5) is 4.79 Å². The summed E-state index contributed by atoms with van der Waals surface area (Å²) in [6, 6.07) is 8.18. The molecule has 0 aliphatic rings. The van der Waals surface area contributed by atoms with Crippen LogP contribution < -0.4 is 15.2 Å². The third-order valence-electron chi connectivity index (χ3n) is 2.14. The van der Waals surface area contributed by atoms with Gasteiger partial charge in [-0.1, -0.05) is 30.3 Å². The summed E-state index contributed by atoms with van der Waals surface area (Å²) in [5.41, 5.74) is 6.21. The molecule has 4 N–H and O–H groups in total. The van der Waals surface area contributed by atoms with Crippen molar-refractivity contribution in [3.8, 4) is 0 Å². The van der Waals surface area contributed by atoms with E-state index in [2.05, 4.69) is 9.46 Å². The molecule has 0 heterocycles. The second-order valence-electron chi connectivity index (χ2n) is 3.41. The Kier molecular flexibility index (Phi) is 5.08. The van der Waals surface area contributed by atoms with Crippen LogP contribution in [0.2, 0.25) is 0 Å². The normalized spacial score (nSPS) is 12.8. The zero-order valence-corrected chi connectivity index (χ0v) is 10.6. The molecule has 7 nitrogen and oxygen atoms in total. The molecule has 18 heavy (non-hydrogen) atoms. The largest absolute Gasteiger partial charge is 0.452 e. The first-order valence-corrected chi connectivity index (χ1v) is 6.60. The first-order chi connectivity index (χ1) is 8.48. The van der Waals surface area contributed by atoms with E-state index in [9.17, 15) is 13.2 Å². The van der Waals surface area contributed by atoms with Gasteiger partial charge in [0, 0.05) is 6.54 Å². The van der Waals surface area contributed by atoms with Crippen LogP contribution >= 0.6 is 0 Å². The number of methoxy groups -OCH3 is 1. The highest BCUT2D eigenvalue weighted by Gasteiger charge is 2.20. The van der Waals surface area contributed by atoms with Gasteiger partial charge in [-0.15, -0.1) is 0 Å². The lowest BCUT2D eigenvalue weighted by Gasteiger charge is -2.17. The minimum absolute atomic E-state index is 0.0616. The smallest absolute Gasteiger partial charge is 0.421 e. The molecule has 1 unspecified atom stereocenters. The van der Waals surface area contributed by atoms with Gasteiger partial charge in [0.2, 0.25) is 0 Å². The Morgan fingerprint density at radius 3 is 2.50 bits per heavy atom. The van der Waals surface area contributed by atoms with Crippen molar-refractivity contribution in [2.45, 2.75) is 6.04 Å². The maximum Gasteiger partial charge on any atom is 0.421 e. The Labute approximate surface area is 106 Å². The van der Waals surface area contributed by atoms with Gasteiger partial charge < -0.3 is 10.5 Å². The van der Waals surface area contributed by atoms with Crippen LogP contribution in [0.15, 0.2) is 30.3 Å². The molecule has 100 valence electrons. The predicted octanol–water partition coefficient (Wildman–Crippen LogP) is -0.123. The van der Waals surface area contributed by atoms with E-state index in [-0.39, 0.29) is 6.54 Å². The monoisotopic (exact) mass is 273 g/mol. The summed E-state index contributed by atoms with van der Waals surface area (Å²) >= 11 is 0. The van der Waals surface area contributed by atoms with Crippen molar-refractivity contribution in [1.82, 2.24) is 9.44 Å². The zero-order valence-electron chi connectivity index (χ0n) is 9.79. The molecule has 0 aliphatic carbocycles. The number of hydrogen-bond acceptors (Lipinski definition) is 5. The second-order valence-corrected chi connectivity index (χ2v) is 4.86. The van der Waals surface area contributed by atoms with Crippen LogP contribution in [0.5, 0.6) is 0 Å². The summed E-state index contributed by atoms with van der Waals surface area (Å²) in [5.74, 6) is 0. The quantitative estimate of drug-likeness (QED) is 0.692. The fourth-order valence-electron chi connectivity index (χ4n) is 1.31. The summed E-state index contributed by atoms with van der Waals surface area (Å²) in [4.78, 5) is 10.9. The minimum Gasteiger partial charge on any atom is -0.452 e. The molecular formula is C10H15N3O4S. The summed E-state index contributed by atoms with van der Waals surface area (Å²) in [5, 5.41) is 0. The standard InChI is InChI=1S/C10H15N3O4S/c1-17-10(14)13-18(15,16)12-9(7-11)8-5-3-2-4-6-8/h2-6,9,12H,7,11H2,1H3,(H,13,14). The predicted molar refractivity (Wildman–Crippen MR) is 65.8 cm³/mol. The van der Waals surface area contributed by atoms with Gasteiger partial charge >= 0.3 is 16.3 Å².